The molecule has 0 aromatic heterocycles. The summed E-state index contributed by atoms with van der Waals surface area (Å²) in [6, 6.07) is 10.3. The Hall–Kier alpha value is -1.83. The summed E-state index contributed by atoms with van der Waals surface area (Å²) in [7, 11) is 1.43. The van der Waals surface area contributed by atoms with Crippen LogP contribution in [0.1, 0.15) is 38.2 Å². The highest BCUT2D eigenvalue weighted by molar-refractivity contribution is 5.69. The normalized spacial score (nSPS) is 11.8. The van der Waals surface area contributed by atoms with Crippen LogP contribution in [0.5, 0.6) is 0 Å². The highest BCUT2D eigenvalue weighted by Gasteiger charge is 1.99. The van der Waals surface area contributed by atoms with Crippen molar-refractivity contribution in [1.29, 1.82) is 0 Å². The molecule has 1 aromatic rings. The fourth-order valence-electron chi connectivity index (χ4n) is 1.71. The molecule has 0 spiro atoms. The monoisotopic (exact) mass is 258 g/mol. The molecule has 0 heterocycles. The molecule has 0 amide bonds. The first-order chi connectivity index (χ1) is 9.22. The lowest BCUT2D eigenvalue weighted by Crippen LogP contribution is -1.99. The molecule has 2 nitrogen and oxygen atoms in total. The maximum absolute atomic E-state index is 11.0. The minimum Gasteiger partial charge on any atom is -0.469 e. The van der Waals surface area contributed by atoms with Gasteiger partial charge in [0, 0.05) is 6.42 Å². The molecule has 0 fully saturated rings. The number of rotatable bonds is 7. The van der Waals surface area contributed by atoms with E-state index in [1.54, 1.807) is 0 Å². The second-order valence-corrected chi connectivity index (χ2v) is 4.52. The summed E-state index contributed by atoms with van der Waals surface area (Å²) < 4.78 is 4.62. The van der Waals surface area contributed by atoms with E-state index in [0.29, 0.717) is 6.42 Å². The van der Waals surface area contributed by atoms with E-state index in [1.165, 1.54) is 18.2 Å². The minimum atomic E-state index is -0.142. The molecule has 102 valence electrons. The number of carbonyl (C=O) groups excluding carboxylic acids is 1. The van der Waals surface area contributed by atoms with Crippen LogP contribution in [0.15, 0.2) is 48.1 Å². The molecule has 0 aliphatic heterocycles. The van der Waals surface area contributed by atoms with Gasteiger partial charge in [-0.15, -0.1) is 0 Å². The Labute approximate surface area is 115 Å². The van der Waals surface area contributed by atoms with E-state index in [-0.39, 0.29) is 5.97 Å². The predicted octanol–water partition coefficient (Wildman–Crippen LogP) is 4.38. The van der Waals surface area contributed by atoms with Gasteiger partial charge in [0.2, 0.25) is 0 Å². The number of hydrogen-bond donors (Lipinski definition) is 0. The van der Waals surface area contributed by atoms with Gasteiger partial charge < -0.3 is 4.74 Å². The van der Waals surface area contributed by atoms with Crippen molar-refractivity contribution in [2.24, 2.45) is 0 Å². The van der Waals surface area contributed by atoms with Crippen molar-refractivity contribution in [2.45, 2.75) is 32.6 Å². The first-order valence-electron chi connectivity index (χ1n) is 6.66. The molecule has 0 atom stereocenters. The minimum absolute atomic E-state index is 0.142. The van der Waals surface area contributed by atoms with E-state index in [9.17, 15) is 4.79 Å². The number of esters is 1. The zero-order chi connectivity index (χ0) is 13.9. The summed E-state index contributed by atoms with van der Waals surface area (Å²) in [6.45, 7) is 2.06. The van der Waals surface area contributed by atoms with Crippen molar-refractivity contribution in [1.82, 2.24) is 0 Å². The lowest BCUT2D eigenvalue weighted by Gasteiger charge is -2.00. The first kappa shape index (κ1) is 15.2. The number of benzene rings is 1. The van der Waals surface area contributed by atoms with Gasteiger partial charge in [0.05, 0.1) is 7.11 Å². The van der Waals surface area contributed by atoms with Crippen molar-refractivity contribution in [3.05, 3.63) is 53.6 Å². The third-order valence-electron chi connectivity index (χ3n) is 2.89. The van der Waals surface area contributed by atoms with Gasteiger partial charge >= 0.3 is 5.97 Å². The summed E-state index contributed by atoms with van der Waals surface area (Å²) in [5, 5.41) is 0. The van der Waals surface area contributed by atoms with Crippen LogP contribution in [0, 0.1) is 0 Å². The molecular formula is C17H22O2. The Balaban J connectivity index is 2.22. The Morgan fingerprint density at radius 3 is 2.58 bits per heavy atom. The molecule has 0 saturated heterocycles. The number of carbonyl (C=O) groups is 1. The summed E-state index contributed by atoms with van der Waals surface area (Å²) >= 11 is 0. The largest absolute Gasteiger partial charge is 0.469 e. The molecular weight excluding hydrogens is 236 g/mol. The van der Waals surface area contributed by atoms with Crippen LogP contribution in [-0.4, -0.2) is 13.1 Å². The topological polar surface area (TPSA) is 26.3 Å². The van der Waals surface area contributed by atoms with Crippen LogP contribution in [0.25, 0.3) is 6.08 Å². The van der Waals surface area contributed by atoms with Crippen LogP contribution in [0.4, 0.5) is 0 Å². The zero-order valence-electron chi connectivity index (χ0n) is 11.8. The standard InChI is InChI=1S/C17H22O2/c1-15(13-14-17(18)19-2)9-5-3-6-10-16-11-7-4-8-12-16/h4,6-12H,3,5,13-14H2,1-2H3/b10-6+,15-9+. The highest BCUT2D eigenvalue weighted by Crippen LogP contribution is 2.08. The lowest BCUT2D eigenvalue weighted by atomic mass is 10.1. The SMILES string of the molecule is COC(=O)CC/C(C)=C/CC/C=C/c1ccccc1. The van der Waals surface area contributed by atoms with E-state index in [1.807, 2.05) is 18.2 Å². The first-order valence-corrected chi connectivity index (χ1v) is 6.66. The molecule has 19 heavy (non-hydrogen) atoms. The van der Waals surface area contributed by atoms with E-state index in [0.717, 1.165) is 19.3 Å². The third kappa shape index (κ3) is 7.24. The summed E-state index contributed by atoms with van der Waals surface area (Å²) in [5.74, 6) is -0.142. The fraction of sp³-hybridized carbons (Fsp3) is 0.353. The van der Waals surface area contributed by atoms with E-state index in [4.69, 9.17) is 0 Å². The zero-order valence-corrected chi connectivity index (χ0v) is 11.8. The van der Waals surface area contributed by atoms with Gasteiger partial charge in [0.15, 0.2) is 0 Å². The number of hydrogen-bond acceptors (Lipinski definition) is 2. The number of unbranched alkanes of at least 4 members (excludes halogenated alkanes) is 1. The predicted molar refractivity (Wildman–Crippen MR) is 79.7 cm³/mol. The maximum atomic E-state index is 11.0. The maximum Gasteiger partial charge on any atom is 0.305 e. The molecule has 0 unspecified atom stereocenters. The molecule has 0 aliphatic carbocycles. The van der Waals surface area contributed by atoms with Gasteiger partial charge in [-0.3, -0.25) is 4.79 Å². The average Bonchev–Trinajstić information content (AvgIpc) is 2.45. The average molecular weight is 258 g/mol. The van der Waals surface area contributed by atoms with Crippen molar-refractivity contribution in [3.8, 4) is 0 Å². The number of allylic oxidation sites excluding steroid dienone is 3. The molecule has 0 saturated carbocycles. The molecule has 0 bridgehead atoms. The van der Waals surface area contributed by atoms with Gasteiger partial charge in [0.25, 0.3) is 0 Å². The molecule has 1 aromatic carbocycles. The molecule has 0 N–H and O–H groups in total. The second kappa shape index (κ2) is 9.15. The second-order valence-electron chi connectivity index (χ2n) is 4.52. The summed E-state index contributed by atoms with van der Waals surface area (Å²) in [6.07, 6.45) is 9.80. The highest BCUT2D eigenvalue weighted by atomic mass is 16.5. The van der Waals surface area contributed by atoms with Crippen LogP contribution in [-0.2, 0) is 9.53 Å². The van der Waals surface area contributed by atoms with E-state index in [2.05, 4.69) is 42.0 Å². The Bertz CT molecular complexity index is 430. The van der Waals surface area contributed by atoms with E-state index >= 15 is 0 Å². The Morgan fingerprint density at radius 1 is 1.16 bits per heavy atom. The lowest BCUT2D eigenvalue weighted by molar-refractivity contribution is -0.140. The van der Waals surface area contributed by atoms with Crippen molar-refractivity contribution in [3.63, 3.8) is 0 Å². The van der Waals surface area contributed by atoms with Gasteiger partial charge in [-0.25, -0.2) is 0 Å². The number of methoxy groups -OCH3 is 1. The van der Waals surface area contributed by atoms with Crippen LogP contribution in [0.3, 0.4) is 0 Å². The van der Waals surface area contributed by atoms with Crippen molar-refractivity contribution < 1.29 is 9.53 Å². The summed E-state index contributed by atoms with van der Waals surface area (Å²) in [4.78, 5) is 11.0. The van der Waals surface area contributed by atoms with Gasteiger partial charge in [-0.1, -0.05) is 54.1 Å². The fourth-order valence-corrected chi connectivity index (χ4v) is 1.71. The molecule has 2 heteroatoms. The Kier molecular flexibility index (Phi) is 7.33. The van der Waals surface area contributed by atoms with Crippen LogP contribution < -0.4 is 0 Å². The van der Waals surface area contributed by atoms with Crippen LogP contribution >= 0.6 is 0 Å². The molecule has 1 rings (SSSR count). The Morgan fingerprint density at radius 2 is 1.89 bits per heavy atom. The van der Waals surface area contributed by atoms with E-state index < -0.39 is 0 Å². The van der Waals surface area contributed by atoms with Gasteiger partial charge in [-0.05, 0) is 31.7 Å². The molecule has 0 aliphatic rings. The van der Waals surface area contributed by atoms with Crippen molar-refractivity contribution in [2.75, 3.05) is 7.11 Å². The third-order valence-corrected chi connectivity index (χ3v) is 2.89. The smallest absolute Gasteiger partial charge is 0.305 e. The van der Waals surface area contributed by atoms with Gasteiger partial charge in [-0.2, -0.15) is 0 Å². The number of ether oxygens (including phenoxy) is 1. The van der Waals surface area contributed by atoms with Gasteiger partial charge in [0.1, 0.15) is 0 Å². The quantitative estimate of drug-likeness (QED) is 0.412. The summed E-state index contributed by atoms with van der Waals surface area (Å²) in [5.41, 5.74) is 2.48. The molecule has 0 radical (unpaired) electrons. The van der Waals surface area contributed by atoms with Crippen LogP contribution in [0.2, 0.25) is 0 Å². The van der Waals surface area contributed by atoms with Crippen molar-refractivity contribution >= 4 is 12.0 Å².